The summed E-state index contributed by atoms with van der Waals surface area (Å²) in [5, 5.41) is 101. The van der Waals surface area contributed by atoms with Crippen LogP contribution in [-0.2, 0) is 0 Å². The zero-order valence-electron chi connectivity index (χ0n) is 75.4. The van der Waals surface area contributed by atoms with Crippen LogP contribution in [0.25, 0.3) is 228 Å². The number of furan rings is 1. The van der Waals surface area contributed by atoms with Crippen LogP contribution in [-0.4, -0.2) is 13.7 Å². The number of hydrogen-bond acceptors (Lipinski definition) is 11. The van der Waals surface area contributed by atoms with Gasteiger partial charge in [0.1, 0.15) is 11.2 Å². The van der Waals surface area contributed by atoms with Crippen molar-refractivity contribution in [2.24, 2.45) is 0 Å². The van der Waals surface area contributed by atoms with E-state index in [0.29, 0.717) is 101 Å². The zero-order valence-corrected chi connectivity index (χ0v) is 76.2. The highest BCUT2D eigenvalue weighted by Gasteiger charge is 2.31. The second-order valence-corrected chi connectivity index (χ2v) is 35.0. The van der Waals surface area contributed by atoms with Gasteiger partial charge in [-0.1, -0.05) is 243 Å². The second kappa shape index (κ2) is 36.4. The maximum atomic E-state index is 10.3. The van der Waals surface area contributed by atoms with Gasteiger partial charge >= 0.3 is 0 Å². The third-order valence-electron chi connectivity index (χ3n) is 26.4. The summed E-state index contributed by atoms with van der Waals surface area (Å²) < 4.78 is 15.1. The number of rotatable bonds is 11. The van der Waals surface area contributed by atoms with Crippen molar-refractivity contribution in [2.75, 3.05) is 0 Å². The van der Waals surface area contributed by atoms with Gasteiger partial charge in [0.05, 0.1) is 141 Å². The Labute approximate surface area is 822 Å². The highest BCUT2D eigenvalue weighted by molar-refractivity contribution is 7.25. The number of nitrogens with zero attached hydrogens (tertiary/aromatic N) is 15. The first-order chi connectivity index (χ1) is 70.5. The molecule has 0 amide bonds. The van der Waals surface area contributed by atoms with Crippen LogP contribution in [0.5, 0.6) is 0 Å². The van der Waals surface area contributed by atoms with Crippen molar-refractivity contribution in [3.63, 3.8) is 0 Å². The summed E-state index contributed by atoms with van der Waals surface area (Å²) in [6, 6.07) is 143. The molecule has 0 N–H and O–H groups in total. The van der Waals surface area contributed by atoms with Crippen LogP contribution in [0, 0.1) is 122 Å². The lowest BCUT2D eigenvalue weighted by atomic mass is 9.91. The molecule has 143 heavy (non-hydrogen) atoms. The molecule has 0 fully saturated rings. The Morgan fingerprint density at radius 1 is 0.217 bits per heavy atom. The Balaban J connectivity index is 0.000000123. The van der Waals surface area contributed by atoms with E-state index in [1.54, 1.807) is 121 Å². The van der Waals surface area contributed by atoms with Gasteiger partial charge in [-0.2, -0.15) is 47.4 Å². The second-order valence-electron chi connectivity index (χ2n) is 33.9. The summed E-state index contributed by atoms with van der Waals surface area (Å²) >= 11 is 1.75. The van der Waals surface area contributed by atoms with Crippen LogP contribution in [0.3, 0.4) is 0 Å². The molecule has 0 atom stereocenters. The molecule has 24 aromatic rings. The standard InChI is InChI=1S/C46H25N5.C40H19N5O.C40H19N5S/c1-50-41-22-9-18-34(29-49)44(41)38-19-11-23-42-45(38)40-21-10-20-39(43-32(27-47)16-8-17-33(43)28-48)46(40)51(42)37-25-35(30-12-4-2-5-13-30)24-36(26-37)31-14-6-3-7-15-31;2*1-44-33-15-5-10-26(23-43)38(33)29-12-7-16-34-39(29)31-14-6-13-30(37-24(21-41)8-4-9-25(37)22-42)40(31)45(34)27-18-19-36-32(20-27)28-11-2-3-17-35(28)46-36/h2-26H;2*2-20H. The number of thiophene rings is 1. The molecule has 17 heteroatoms. The topological polar surface area (TPSA) is 255 Å². The fourth-order valence-corrected chi connectivity index (χ4v) is 21.6. The van der Waals surface area contributed by atoms with Gasteiger partial charge in [0.2, 0.25) is 0 Å². The van der Waals surface area contributed by atoms with Crippen molar-refractivity contribution in [2.45, 2.75) is 0 Å². The Kier molecular flexibility index (Phi) is 22.1. The lowest BCUT2D eigenvalue weighted by Gasteiger charge is -2.16. The van der Waals surface area contributed by atoms with Gasteiger partial charge < -0.3 is 18.1 Å². The van der Waals surface area contributed by atoms with Crippen LogP contribution in [0.1, 0.15) is 50.1 Å². The average Bonchev–Trinajstić information content (AvgIpc) is 1.56. The monoisotopic (exact) mass is 1830 g/mol. The van der Waals surface area contributed by atoms with E-state index in [-0.39, 0.29) is 0 Å². The molecule has 654 valence electrons. The van der Waals surface area contributed by atoms with Crippen LogP contribution < -0.4 is 0 Å². The minimum absolute atomic E-state index is 0.386. The molecule has 0 unspecified atom stereocenters. The molecule has 0 spiro atoms. The van der Waals surface area contributed by atoms with Crippen molar-refractivity contribution in [1.29, 1.82) is 47.4 Å². The van der Waals surface area contributed by atoms with Crippen LogP contribution >= 0.6 is 11.3 Å². The number of aromatic nitrogens is 3. The largest absolute Gasteiger partial charge is 0.456 e. The molecular weight excluding hydrogens is 1770 g/mol. The molecule has 24 rings (SSSR count). The predicted molar refractivity (Wildman–Crippen MR) is 567 cm³/mol. The van der Waals surface area contributed by atoms with Gasteiger partial charge in [0.15, 0.2) is 17.1 Å². The summed E-state index contributed by atoms with van der Waals surface area (Å²) in [4.78, 5) is 11.4. The summed E-state index contributed by atoms with van der Waals surface area (Å²) in [7, 11) is 0. The molecule has 0 bridgehead atoms. The molecule has 0 aliphatic heterocycles. The highest BCUT2D eigenvalue weighted by atomic mass is 32.1. The quantitative estimate of drug-likeness (QED) is 0.111. The summed E-state index contributed by atoms with van der Waals surface area (Å²) in [5.41, 5.74) is 26.1. The van der Waals surface area contributed by atoms with Gasteiger partial charge in [-0.05, 0) is 178 Å². The van der Waals surface area contributed by atoms with E-state index in [4.69, 9.17) is 24.1 Å². The van der Waals surface area contributed by atoms with E-state index in [1.807, 2.05) is 182 Å². The van der Waals surface area contributed by atoms with Crippen molar-refractivity contribution in [3.05, 3.63) is 467 Å². The molecule has 19 aromatic carbocycles. The van der Waals surface area contributed by atoms with E-state index in [9.17, 15) is 47.4 Å². The predicted octanol–water partition coefficient (Wildman–Crippen LogP) is 32.5. The SMILES string of the molecule is [C-]#[N+]c1cccc(C#N)c1-c1cccc2c1c1cccc(-c3c(C#N)cccc3C#N)c1n2-c1cc(-c2ccccc2)cc(-c2ccccc2)c1.[C-]#[N+]c1cccc(C#N)c1-c1cccc2c1c1cccc(-c3c(C#N)cccc3C#N)c1n2-c1ccc2oc3ccccc3c2c1.[C-]#[N+]c1cccc(C#N)c1-c1cccc2c1c1cccc(-c3c(C#N)cccc3C#N)c1n2-c1ccc2sc3ccccc3c2c1. The van der Waals surface area contributed by atoms with E-state index in [1.165, 1.54) is 14.8 Å². The van der Waals surface area contributed by atoms with Gasteiger partial charge in [-0.15, -0.1) is 11.3 Å². The van der Waals surface area contributed by atoms with E-state index < -0.39 is 0 Å². The van der Waals surface area contributed by atoms with E-state index in [0.717, 1.165) is 165 Å². The Bertz CT molecular complexity index is 9550. The van der Waals surface area contributed by atoms with Gasteiger partial charge in [0.25, 0.3) is 0 Å². The molecule has 0 aliphatic carbocycles. The maximum Gasteiger partial charge on any atom is 0.196 e. The first kappa shape index (κ1) is 86.9. The van der Waals surface area contributed by atoms with Gasteiger partial charge in [-0.25, -0.2) is 14.5 Å². The minimum atomic E-state index is 0.386. The summed E-state index contributed by atoms with van der Waals surface area (Å²) in [6.07, 6.45) is 0. The van der Waals surface area contributed by atoms with Gasteiger partial charge in [-0.3, -0.25) is 0 Å². The maximum absolute atomic E-state index is 10.3. The molecule has 0 saturated heterocycles. The number of para-hydroxylation sites is 4. The van der Waals surface area contributed by atoms with Crippen molar-refractivity contribution in [3.8, 4) is 161 Å². The fourth-order valence-electron chi connectivity index (χ4n) is 20.5. The lowest BCUT2D eigenvalue weighted by molar-refractivity contribution is 0.669. The summed E-state index contributed by atoms with van der Waals surface area (Å²) in [5.74, 6) is 0. The van der Waals surface area contributed by atoms with Crippen LogP contribution in [0.15, 0.2) is 387 Å². The average molecular weight is 1840 g/mol. The van der Waals surface area contributed by atoms with Crippen LogP contribution in [0.2, 0.25) is 0 Å². The zero-order chi connectivity index (χ0) is 97.6. The minimum Gasteiger partial charge on any atom is -0.456 e. The molecule has 0 saturated carbocycles. The number of benzene rings is 19. The van der Waals surface area contributed by atoms with Crippen molar-refractivity contribution in [1.82, 2.24) is 13.7 Å². The Morgan fingerprint density at radius 2 is 0.510 bits per heavy atom. The molecule has 16 nitrogen and oxygen atoms in total. The first-order valence-electron chi connectivity index (χ1n) is 45.3. The molecule has 5 heterocycles. The normalized spacial score (nSPS) is 10.9. The highest BCUT2D eigenvalue weighted by Crippen LogP contribution is 2.53. The lowest BCUT2D eigenvalue weighted by Crippen LogP contribution is -1.99. The molecule has 5 aromatic heterocycles. The number of nitriles is 9. The third-order valence-corrected chi connectivity index (χ3v) is 27.6. The fraction of sp³-hybridized carbons (Fsp3) is 0. The summed E-state index contributed by atoms with van der Waals surface area (Å²) in [6.45, 7) is 23.9. The van der Waals surface area contributed by atoms with E-state index in [2.05, 4.69) is 174 Å². The van der Waals surface area contributed by atoms with Crippen molar-refractivity contribution >= 4 is 136 Å². The third kappa shape index (κ3) is 14.4. The molecule has 0 radical (unpaired) electrons. The molecular formula is C126H63N15OS. The first-order valence-corrected chi connectivity index (χ1v) is 46.1. The number of fused-ring (bicyclic) bond motifs is 15. The Morgan fingerprint density at radius 3 is 0.895 bits per heavy atom. The Hall–Kier alpha value is -21.5. The van der Waals surface area contributed by atoms with Crippen LogP contribution in [0.4, 0.5) is 17.1 Å². The van der Waals surface area contributed by atoms with Crippen molar-refractivity contribution < 1.29 is 4.42 Å². The molecule has 0 aliphatic rings. The van der Waals surface area contributed by atoms with E-state index >= 15 is 0 Å². The van der Waals surface area contributed by atoms with Gasteiger partial charge in [0, 0.05) is 147 Å². The number of hydrogen-bond donors (Lipinski definition) is 0. The smallest absolute Gasteiger partial charge is 0.196 e.